The van der Waals surface area contributed by atoms with Crippen LogP contribution in [-0.4, -0.2) is 37.7 Å². The number of imidazole rings is 1. The van der Waals surface area contributed by atoms with Crippen molar-refractivity contribution < 1.29 is 28.5 Å². The van der Waals surface area contributed by atoms with Crippen LogP contribution in [0.2, 0.25) is 0 Å². The molecule has 5 rings (SSSR count). The molecule has 1 unspecified atom stereocenters. The topological polar surface area (TPSA) is 111 Å². The highest BCUT2D eigenvalue weighted by Crippen LogP contribution is 2.39. The summed E-state index contributed by atoms with van der Waals surface area (Å²) in [5.41, 5.74) is 2.72. The Morgan fingerprint density at radius 2 is 1.90 bits per heavy atom. The van der Waals surface area contributed by atoms with E-state index in [1.807, 2.05) is 37.3 Å². The van der Waals surface area contributed by atoms with Crippen molar-refractivity contribution in [3.63, 3.8) is 0 Å². The molecule has 0 fully saturated rings. The van der Waals surface area contributed by atoms with E-state index >= 15 is 8.78 Å². The van der Waals surface area contributed by atoms with Crippen LogP contribution in [0.5, 0.6) is 11.5 Å². The molecule has 0 radical (unpaired) electrons. The second-order valence-corrected chi connectivity index (χ2v) is 10.4. The van der Waals surface area contributed by atoms with Gasteiger partial charge in [0.25, 0.3) is 0 Å². The van der Waals surface area contributed by atoms with E-state index in [1.54, 1.807) is 13.1 Å². The molecule has 4 N–H and O–H groups in total. The predicted molar refractivity (Wildman–Crippen MR) is 152 cm³/mol. The number of aliphatic hydroxyl groups is 1. The zero-order valence-corrected chi connectivity index (χ0v) is 22.8. The number of hydrogen-bond acceptors (Lipinski definition) is 4. The molecule has 0 saturated carbocycles. The Morgan fingerprint density at radius 3 is 2.66 bits per heavy atom. The molecule has 3 aromatic carbocycles. The molecule has 7 nitrogen and oxygen atoms in total. The van der Waals surface area contributed by atoms with Crippen molar-refractivity contribution in [1.82, 2.24) is 15.0 Å². The second-order valence-electron chi connectivity index (χ2n) is 10.4. The third kappa shape index (κ3) is 5.71. The third-order valence-corrected chi connectivity index (χ3v) is 7.44. The van der Waals surface area contributed by atoms with Gasteiger partial charge in [0.05, 0.1) is 12.0 Å². The summed E-state index contributed by atoms with van der Waals surface area (Å²) in [5.74, 6) is -1.67. The lowest BCUT2D eigenvalue weighted by Crippen LogP contribution is -2.28. The van der Waals surface area contributed by atoms with E-state index in [0.717, 1.165) is 16.5 Å². The maximum Gasteiger partial charge on any atom is 0.304 e. The predicted octanol–water partition coefficient (Wildman–Crippen LogP) is 7.03. The number of ether oxygens (including phenoxy) is 1. The van der Waals surface area contributed by atoms with Gasteiger partial charge in [-0.15, -0.1) is 0 Å². The van der Waals surface area contributed by atoms with Gasteiger partial charge in [0.2, 0.25) is 0 Å². The summed E-state index contributed by atoms with van der Waals surface area (Å²) >= 11 is 0. The number of nitrogens with one attached hydrogen (secondary N) is 2. The lowest BCUT2D eigenvalue weighted by Gasteiger charge is -2.27. The monoisotopic (exact) mass is 559 g/mol. The first kappa shape index (κ1) is 28.0. The number of unbranched alkanes of at least 4 members (excludes halogenated alkanes) is 1. The standard InChI is InChI=1S/C32H31F2N3O4/c1-19-6-5-7-20(14-19)32(2,17-29(39)40)28-18-36-31(37-28)24-15-21(9-10-25(24)33)41-30-23(8-3-4-13-38)22-11-12-35-27(22)16-26(30)34/h5-7,9-12,14-16,18,35,38H,3-4,8,13,17H2,1-2H3,(H,36,37)(H,39,40). The number of hydrogen-bond donors (Lipinski definition) is 4. The smallest absolute Gasteiger partial charge is 0.304 e. The van der Waals surface area contributed by atoms with Gasteiger partial charge < -0.3 is 24.9 Å². The number of nitrogens with zero attached hydrogens (tertiary/aromatic N) is 1. The molecule has 41 heavy (non-hydrogen) atoms. The number of halogens is 2. The first-order valence-electron chi connectivity index (χ1n) is 13.4. The average molecular weight is 560 g/mol. The fraction of sp³-hybridized carbons (Fsp3) is 0.250. The van der Waals surface area contributed by atoms with Gasteiger partial charge in [-0.2, -0.15) is 0 Å². The molecule has 0 aliphatic heterocycles. The van der Waals surface area contributed by atoms with Crippen molar-refractivity contribution in [3.8, 4) is 22.9 Å². The lowest BCUT2D eigenvalue weighted by molar-refractivity contribution is -0.138. The van der Waals surface area contributed by atoms with E-state index < -0.39 is 23.0 Å². The summed E-state index contributed by atoms with van der Waals surface area (Å²) in [6, 6.07) is 14.9. The number of aromatic nitrogens is 3. The minimum absolute atomic E-state index is 0.0314. The molecule has 0 spiro atoms. The van der Waals surface area contributed by atoms with Gasteiger partial charge in [0.15, 0.2) is 11.6 Å². The van der Waals surface area contributed by atoms with E-state index in [2.05, 4.69) is 15.0 Å². The van der Waals surface area contributed by atoms with Crippen LogP contribution in [0, 0.1) is 18.6 Å². The normalized spacial score (nSPS) is 12.9. The van der Waals surface area contributed by atoms with E-state index in [0.29, 0.717) is 36.0 Å². The molecule has 1 atom stereocenters. The van der Waals surface area contributed by atoms with Crippen molar-refractivity contribution in [2.75, 3.05) is 6.61 Å². The maximum atomic E-state index is 15.2. The highest BCUT2D eigenvalue weighted by Gasteiger charge is 2.34. The van der Waals surface area contributed by atoms with Crippen LogP contribution in [0.3, 0.4) is 0 Å². The number of fused-ring (bicyclic) bond motifs is 1. The van der Waals surface area contributed by atoms with E-state index in [1.165, 1.54) is 30.5 Å². The molecule has 0 aliphatic carbocycles. The zero-order valence-electron chi connectivity index (χ0n) is 22.8. The molecule has 212 valence electrons. The number of aliphatic hydroxyl groups excluding tert-OH is 1. The highest BCUT2D eigenvalue weighted by atomic mass is 19.1. The van der Waals surface area contributed by atoms with Gasteiger partial charge >= 0.3 is 5.97 Å². The molecule has 5 aromatic rings. The largest absolute Gasteiger partial charge is 0.481 e. The van der Waals surface area contributed by atoms with Gasteiger partial charge in [-0.1, -0.05) is 29.8 Å². The Hall–Kier alpha value is -4.50. The summed E-state index contributed by atoms with van der Waals surface area (Å²) in [7, 11) is 0. The Morgan fingerprint density at radius 1 is 1.07 bits per heavy atom. The number of aryl methyl sites for hydroxylation is 2. The van der Waals surface area contributed by atoms with Crippen molar-refractivity contribution in [2.45, 2.75) is 44.9 Å². The van der Waals surface area contributed by atoms with Gasteiger partial charge in [-0.05, 0) is 62.9 Å². The molecule has 2 aromatic heterocycles. The quantitative estimate of drug-likeness (QED) is 0.130. The van der Waals surface area contributed by atoms with Crippen molar-refractivity contribution in [3.05, 3.63) is 101 Å². The number of aromatic amines is 2. The number of carboxylic acid groups (broad SMARTS) is 1. The van der Waals surface area contributed by atoms with Gasteiger partial charge in [0, 0.05) is 52.6 Å². The Kier molecular flexibility index (Phi) is 7.90. The van der Waals surface area contributed by atoms with E-state index in [-0.39, 0.29) is 35.9 Å². The summed E-state index contributed by atoms with van der Waals surface area (Å²) in [6.07, 6.45) is 4.72. The number of rotatable bonds is 11. The van der Waals surface area contributed by atoms with Crippen LogP contribution in [0.4, 0.5) is 8.78 Å². The molecular weight excluding hydrogens is 528 g/mol. The zero-order chi connectivity index (χ0) is 29.1. The van der Waals surface area contributed by atoms with Crippen molar-refractivity contribution >= 4 is 16.9 Å². The van der Waals surface area contributed by atoms with Crippen LogP contribution in [0.1, 0.15) is 48.6 Å². The molecule has 0 bridgehead atoms. The van der Waals surface area contributed by atoms with Gasteiger partial charge in [-0.25, -0.2) is 13.8 Å². The van der Waals surface area contributed by atoms with Crippen molar-refractivity contribution in [2.24, 2.45) is 0 Å². The van der Waals surface area contributed by atoms with E-state index in [9.17, 15) is 15.0 Å². The average Bonchev–Trinajstić information content (AvgIpc) is 3.61. The summed E-state index contributed by atoms with van der Waals surface area (Å²) in [5, 5.41) is 19.7. The highest BCUT2D eigenvalue weighted by molar-refractivity contribution is 5.85. The first-order valence-corrected chi connectivity index (χ1v) is 13.4. The minimum atomic E-state index is -0.983. The first-order chi connectivity index (χ1) is 19.7. The summed E-state index contributed by atoms with van der Waals surface area (Å²) in [4.78, 5) is 22.4. The Labute approximate surface area is 235 Å². The van der Waals surface area contributed by atoms with Crippen LogP contribution < -0.4 is 4.74 Å². The fourth-order valence-electron chi connectivity index (χ4n) is 5.24. The van der Waals surface area contributed by atoms with Crippen LogP contribution >= 0.6 is 0 Å². The van der Waals surface area contributed by atoms with Gasteiger partial charge in [0.1, 0.15) is 17.4 Å². The second kappa shape index (κ2) is 11.5. The van der Waals surface area contributed by atoms with Gasteiger partial charge in [-0.3, -0.25) is 4.79 Å². The summed E-state index contributed by atoms with van der Waals surface area (Å²) in [6.45, 7) is 3.77. The van der Waals surface area contributed by atoms with Crippen LogP contribution in [0.15, 0.2) is 67.0 Å². The molecule has 0 amide bonds. The number of benzene rings is 3. The SMILES string of the molecule is Cc1cccc(C(C)(CC(=O)O)c2cnc(-c3cc(Oc4c(F)cc5[nH]ccc5c4CCCCO)ccc3F)[nH]2)c1. The van der Waals surface area contributed by atoms with E-state index in [4.69, 9.17) is 4.74 Å². The summed E-state index contributed by atoms with van der Waals surface area (Å²) < 4.78 is 36.4. The van der Waals surface area contributed by atoms with Crippen LogP contribution in [-0.2, 0) is 16.6 Å². The molecule has 0 aliphatic rings. The minimum Gasteiger partial charge on any atom is -0.481 e. The molecule has 0 saturated heterocycles. The number of carbonyl (C=O) groups is 1. The number of carboxylic acids is 1. The maximum absolute atomic E-state index is 15.2. The third-order valence-electron chi connectivity index (χ3n) is 7.44. The lowest BCUT2D eigenvalue weighted by atomic mass is 9.76. The number of aliphatic carboxylic acids is 1. The Balaban J connectivity index is 1.51. The fourth-order valence-corrected chi connectivity index (χ4v) is 5.24. The van der Waals surface area contributed by atoms with Crippen molar-refractivity contribution in [1.29, 1.82) is 0 Å². The molecule has 9 heteroatoms. The van der Waals surface area contributed by atoms with Crippen LogP contribution in [0.25, 0.3) is 22.3 Å². The number of H-pyrrole nitrogens is 2. The Bertz CT molecular complexity index is 1710. The molecule has 2 heterocycles. The molecular formula is C32H31F2N3O4.